The number of hydrogen-bond acceptors (Lipinski definition) is 4. The van der Waals surface area contributed by atoms with Crippen LogP contribution in [0.15, 0.2) is 42.7 Å². The molecular formula is C21H26N4O3. The molecule has 4 rings (SSSR count). The Bertz CT molecular complexity index is 856. The van der Waals surface area contributed by atoms with Gasteiger partial charge in [-0.1, -0.05) is 24.3 Å². The maximum atomic E-state index is 12.1. The van der Waals surface area contributed by atoms with Gasteiger partial charge in [0.25, 0.3) is 0 Å². The molecule has 0 radical (unpaired) electrons. The van der Waals surface area contributed by atoms with E-state index in [0.29, 0.717) is 12.8 Å². The highest BCUT2D eigenvalue weighted by molar-refractivity contribution is 5.88. The first kappa shape index (κ1) is 18.7. The molecule has 0 saturated carbocycles. The number of aromatic nitrogens is 2. The Labute approximate surface area is 164 Å². The topological polar surface area (TPSA) is 78.7 Å². The highest BCUT2D eigenvalue weighted by atomic mass is 16.4. The molecule has 1 atom stereocenters. The van der Waals surface area contributed by atoms with Crippen LogP contribution in [0.5, 0.6) is 0 Å². The monoisotopic (exact) mass is 382 g/mol. The third kappa shape index (κ3) is 3.42. The molecule has 7 heteroatoms. The van der Waals surface area contributed by atoms with Crippen LogP contribution in [0.25, 0.3) is 0 Å². The van der Waals surface area contributed by atoms with Crippen molar-refractivity contribution in [2.45, 2.75) is 37.9 Å². The highest BCUT2D eigenvalue weighted by Gasteiger charge is 2.55. The number of carbonyl (C=O) groups is 2. The van der Waals surface area contributed by atoms with E-state index in [-0.39, 0.29) is 12.3 Å². The van der Waals surface area contributed by atoms with E-state index in [9.17, 15) is 14.7 Å². The predicted molar refractivity (Wildman–Crippen MR) is 104 cm³/mol. The first-order chi connectivity index (χ1) is 13.5. The standard InChI is InChI=1S/C21H26N4O3/c1-23-19(26)13-18(20(27)28)21(23)6-10-24(11-7-21)14-16-4-2-5-17(12-16)15-25-9-3-8-22-25/h2-5,8-9,12,18H,6-7,10-11,13-15H2,1H3,(H,27,28)/t18-/m0/s1. The van der Waals surface area contributed by atoms with Crippen molar-refractivity contribution in [1.82, 2.24) is 19.6 Å². The second kappa shape index (κ2) is 7.39. The molecule has 28 heavy (non-hydrogen) atoms. The lowest BCUT2D eigenvalue weighted by atomic mass is 9.77. The summed E-state index contributed by atoms with van der Waals surface area (Å²) >= 11 is 0. The second-order valence-electron chi connectivity index (χ2n) is 7.95. The number of likely N-dealkylation sites (tertiary alicyclic amines) is 2. The normalized spacial score (nSPS) is 22.1. The summed E-state index contributed by atoms with van der Waals surface area (Å²) in [5, 5.41) is 13.9. The zero-order valence-corrected chi connectivity index (χ0v) is 16.1. The lowest BCUT2D eigenvalue weighted by Gasteiger charge is -2.45. The Morgan fingerprint density at radius 1 is 1.21 bits per heavy atom. The molecule has 0 bridgehead atoms. The van der Waals surface area contributed by atoms with E-state index in [2.05, 4.69) is 34.3 Å². The first-order valence-electron chi connectivity index (χ1n) is 9.75. The number of carbonyl (C=O) groups excluding carboxylic acids is 1. The van der Waals surface area contributed by atoms with Gasteiger partial charge in [0.2, 0.25) is 5.91 Å². The molecule has 1 aromatic carbocycles. The summed E-state index contributed by atoms with van der Waals surface area (Å²) in [6.07, 6.45) is 5.28. The van der Waals surface area contributed by atoms with Crippen molar-refractivity contribution < 1.29 is 14.7 Å². The van der Waals surface area contributed by atoms with Gasteiger partial charge < -0.3 is 10.0 Å². The number of carboxylic acid groups (broad SMARTS) is 1. The Morgan fingerprint density at radius 3 is 2.57 bits per heavy atom. The molecule has 0 aliphatic carbocycles. The summed E-state index contributed by atoms with van der Waals surface area (Å²) in [5.41, 5.74) is 1.93. The molecule has 2 aliphatic rings. The zero-order chi connectivity index (χ0) is 19.7. The van der Waals surface area contributed by atoms with Crippen LogP contribution in [0.3, 0.4) is 0 Å². The summed E-state index contributed by atoms with van der Waals surface area (Å²) in [6, 6.07) is 10.4. The van der Waals surface area contributed by atoms with E-state index >= 15 is 0 Å². The van der Waals surface area contributed by atoms with E-state index in [4.69, 9.17) is 0 Å². The van der Waals surface area contributed by atoms with E-state index < -0.39 is 17.4 Å². The van der Waals surface area contributed by atoms with Crippen molar-refractivity contribution in [3.8, 4) is 0 Å². The summed E-state index contributed by atoms with van der Waals surface area (Å²) < 4.78 is 1.91. The molecule has 7 nitrogen and oxygen atoms in total. The quantitative estimate of drug-likeness (QED) is 0.854. The number of nitrogens with zero attached hydrogens (tertiary/aromatic N) is 4. The van der Waals surface area contributed by atoms with Crippen molar-refractivity contribution in [3.05, 3.63) is 53.9 Å². The van der Waals surface area contributed by atoms with Crippen LogP contribution in [0, 0.1) is 5.92 Å². The van der Waals surface area contributed by atoms with Gasteiger partial charge in [0.05, 0.1) is 18.0 Å². The summed E-state index contributed by atoms with van der Waals surface area (Å²) in [4.78, 5) is 27.9. The lowest BCUT2D eigenvalue weighted by Crippen LogP contribution is -2.55. The van der Waals surface area contributed by atoms with Crippen molar-refractivity contribution in [2.75, 3.05) is 20.1 Å². The van der Waals surface area contributed by atoms with Gasteiger partial charge in [0.15, 0.2) is 0 Å². The molecular weight excluding hydrogens is 356 g/mol. The van der Waals surface area contributed by atoms with E-state index in [1.807, 2.05) is 16.9 Å². The molecule has 2 fully saturated rings. The van der Waals surface area contributed by atoms with Crippen molar-refractivity contribution in [3.63, 3.8) is 0 Å². The largest absolute Gasteiger partial charge is 0.481 e. The number of rotatable bonds is 5. The van der Waals surface area contributed by atoms with E-state index in [1.165, 1.54) is 11.1 Å². The average molecular weight is 382 g/mol. The smallest absolute Gasteiger partial charge is 0.309 e. The summed E-state index contributed by atoms with van der Waals surface area (Å²) in [6.45, 7) is 3.17. The molecule has 1 aromatic heterocycles. The van der Waals surface area contributed by atoms with E-state index in [0.717, 1.165) is 26.2 Å². The molecule has 2 saturated heterocycles. The van der Waals surface area contributed by atoms with Crippen LogP contribution in [0.1, 0.15) is 30.4 Å². The van der Waals surface area contributed by atoms with Crippen molar-refractivity contribution in [2.24, 2.45) is 5.92 Å². The molecule has 3 heterocycles. The minimum absolute atomic E-state index is 0.0489. The maximum absolute atomic E-state index is 12.1. The van der Waals surface area contributed by atoms with Crippen molar-refractivity contribution >= 4 is 11.9 Å². The summed E-state index contributed by atoms with van der Waals surface area (Å²) in [7, 11) is 1.76. The van der Waals surface area contributed by atoms with Crippen LogP contribution in [-0.4, -0.2) is 62.2 Å². The van der Waals surface area contributed by atoms with Crippen LogP contribution in [0.4, 0.5) is 0 Å². The fourth-order valence-electron chi connectivity index (χ4n) is 4.75. The minimum atomic E-state index is -0.850. The van der Waals surface area contributed by atoms with E-state index in [1.54, 1.807) is 18.1 Å². The van der Waals surface area contributed by atoms with Gasteiger partial charge in [0.1, 0.15) is 0 Å². The zero-order valence-electron chi connectivity index (χ0n) is 16.1. The van der Waals surface area contributed by atoms with Crippen molar-refractivity contribution in [1.29, 1.82) is 0 Å². The van der Waals surface area contributed by atoms with Crippen LogP contribution in [-0.2, 0) is 22.7 Å². The third-order valence-electron chi connectivity index (χ3n) is 6.39. The fourth-order valence-corrected chi connectivity index (χ4v) is 4.75. The van der Waals surface area contributed by atoms with Gasteiger partial charge in [-0.25, -0.2) is 0 Å². The molecule has 2 aliphatic heterocycles. The van der Waals surface area contributed by atoms with Gasteiger partial charge in [-0.3, -0.25) is 19.2 Å². The maximum Gasteiger partial charge on any atom is 0.309 e. The molecule has 1 spiro atoms. The van der Waals surface area contributed by atoms with Gasteiger partial charge in [-0.15, -0.1) is 0 Å². The molecule has 1 amide bonds. The number of carboxylic acids is 1. The SMILES string of the molecule is CN1C(=O)C[C@@H](C(=O)O)C12CCN(Cc1cccc(Cn3cccn3)c1)CC2. The van der Waals surface area contributed by atoms with Gasteiger partial charge in [0, 0.05) is 45.5 Å². The molecule has 1 N–H and O–H groups in total. The molecule has 2 aromatic rings. The highest BCUT2D eigenvalue weighted by Crippen LogP contribution is 2.43. The van der Waals surface area contributed by atoms with Crippen LogP contribution < -0.4 is 0 Å². The Kier molecular flexibility index (Phi) is 4.93. The number of benzene rings is 1. The lowest BCUT2D eigenvalue weighted by molar-refractivity contribution is -0.146. The first-order valence-corrected chi connectivity index (χ1v) is 9.75. The number of amides is 1. The molecule has 0 unspecified atom stereocenters. The average Bonchev–Trinajstić information content (AvgIpc) is 3.27. The predicted octanol–water partition coefficient (Wildman–Crippen LogP) is 1.83. The number of aliphatic carboxylic acids is 1. The minimum Gasteiger partial charge on any atom is -0.481 e. The van der Waals surface area contributed by atoms with Crippen LogP contribution in [0.2, 0.25) is 0 Å². The Morgan fingerprint density at radius 2 is 1.93 bits per heavy atom. The van der Waals surface area contributed by atoms with Crippen LogP contribution >= 0.6 is 0 Å². The van der Waals surface area contributed by atoms with Gasteiger partial charge >= 0.3 is 5.97 Å². The Hall–Kier alpha value is -2.67. The third-order valence-corrected chi connectivity index (χ3v) is 6.39. The summed E-state index contributed by atoms with van der Waals surface area (Å²) in [5.74, 6) is -1.49. The molecule has 148 valence electrons. The fraction of sp³-hybridized carbons (Fsp3) is 0.476. The number of hydrogen-bond donors (Lipinski definition) is 1. The number of piperidine rings is 1. The van der Waals surface area contributed by atoms with Gasteiger partial charge in [-0.05, 0) is 30.0 Å². The second-order valence-corrected chi connectivity index (χ2v) is 7.95. The Balaban J connectivity index is 1.41. The van der Waals surface area contributed by atoms with Gasteiger partial charge in [-0.2, -0.15) is 5.10 Å².